The molecule has 0 aliphatic rings. The molecule has 0 aliphatic heterocycles. The third kappa shape index (κ3) is 6.13. The van der Waals surface area contributed by atoms with E-state index in [2.05, 4.69) is 5.32 Å². The second-order valence-corrected chi connectivity index (χ2v) is 5.94. The van der Waals surface area contributed by atoms with Crippen molar-refractivity contribution < 1.29 is 28.8 Å². The summed E-state index contributed by atoms with van der Waals surface area (Å²) in [5, 5.41) is 13.1. The maximum absolute atomic E-state index is 12.3. The van der Waals surface area contributed by atoms with E-state index in [1.807, 2.05) is 6.92 Å². The summed E-state index contributed by atoms with van der Waals surface area (Å²) in [6, 6.07) is 11.5. The summed E-state index contributed by atoms with van der Waals surface area (Å²) in [7, 11) is 0. The van der Waals surface area contributed by atoms with Crippen LogP contribution in [0.25, 0.3) is 0 Å². The highest BCUT2D eigenvalue weighted by atomic mass is 16.6. The average molecular weight is 400 g/mol. The standard InChI is InChI=1S/C20H20N2O7/c1-3-28-17-9-7-14(8-10-17)19(24)13(2)29-18(23)12-21-20(25)15-5-4-6-16(11-15)22(26)27/h4-11,13H,3,12H2,1-2H3,(H,21,25)/t13-/m0/s1. The molecule has 0 heterocycles. The van der Waals surface area contributed by atoms with Crippen molar-refractivity contribution in [3.8, 4) is 5.75 Å². The first-order valence-corrected chi connectivity index (χ1v) is 8.81. The molecule has 2 aromatic rings. The van der Waals surface area contributed by atoms with Gasteiger partial charge in [0.05, 0.1) is 11.5 Å². The van der Waals surface area contributed by atoms with Gasteiger partial charge in [0.1, 0.15) is 12.3 Å². The quantitative estimate of drug-likeness (QED) is 0.297. The van der Waals surface area contributed by atoms with Crippen molar-refractivity contribution in [3.63, 3.8) is 0 Å². The number of ketones is 1. The van der Waals surface area contributed by atoms with E-state index in [9.17, 15) is 24.5 Å². The van der Waals surface area contributed by atoms with E-state index in [0.29, 0.717) is 17.9 Å². The molecule has 1 N–H and O–H groups in total. The number of non-ortho nitro benzene ring substituents is 1. The van der Waals surface area contributed by atoms with Crippen LogP contribution in [-0.4, -0.2) is 41.8 Å². The minimum atomic E-state index is -1.05. The highest BCUT2D eigenvalue weighted by molar-refractivity contribution is 6.00. The molecule has 0 aromatic heterocycles. The van der Waals surface area contributed by atoms with Gasteiger partial charge in [-0.25, -0.2) is 0 Å². The summed E-state index contributed by atoms with van der Waals surface area (Å²) >= 11 is 0. The number of nitro groups is 1. The number of hydrogen-bond acceptors (Lipinski definition) is 7. The zero-order valence-corrected chi connectivity index (χ0v) is 15.9. The van der Waals surface area contributed by atoms with Crippen molar-refractivity contribution >= 4 is 23.3 Å². The van der Waals surface area contributed by atoms with E-state index < -0.39 is 35.2 Å². The summed E-state index contributed by atoms with van der Waals surface area (Å²) in [5.74, 6) is -1.25. The van der Waals surface area contributed by atoms with Crippen molar-refractivity contribution in [1.29, 1.82) is 0 Å². The van der Waals surface area contributed by atoms with Crippen LogP contribution in [0.4, 0.5) is 5.69 Å². The van der Waals surface area contributed by atoms with Gasteiger partial charge in [0, 0.05) is 23.3 Å². The molecule has 1 atom stereocenters. The predicted octanol–water partition coefficient (Wildman–Crippen LogP) is 2.54. The smallest absolute Gasteiger partial charge is 0.326 e. The number of rotatable bonds is 9. The fourth-order valence-electron chi connectivity index (χ4n) is 2.42. The molecular formula is C20H20N2O7. The maximum atomic E-state index is 12.3. The number of esters is 1. The Morgan fingerprint density at radius 1 is 1.10 bits per heavy atom. The number of Topliss-reactive ketones (excluding diaryl/α,β-unsaturated/α-hetero) is 1. The van der Waals surface area contributed by atoms with E-state index >= 15 is 0 Å². The molecule has 9 heteroatoms. The van der Waals surface area contributed by atoms with Crippen molar-refractivity contribution in [2.45, 2.75) is 20.0 Å². The minimum Gasteiger partial charge on any atom is -0.494 e. The van der Waals surface area contributed by atoms with Gasteiger partial charge >= 0.3 is 5.97 Å². The van der Waals surface area contributed by atoms with E-state index in [4.69, 9.17) is 9.47 Å². The molecule has 0 fully saturated rings. The molecule has 0 unspecified atom stereocenters. The Morgan fingerprint density at radius 3 is 2.41 bits per heavy atom. The Kier molecular flexibility index (Phi) is 7.41. The summed E-state index contributed by atoms with van der Waals surface area (Å²) < 4.78 is 10.4. The molecule has 0 spiro atoms. The largest absolute Gasteiger partial charge is 0.494 e. The van der Waals surface area contributed by atoms with Crippen LogP contribution in [0, 0.1) is 10.1 Å². The zero-order chi connectivity index (χ0) is 21.4. The number of nitro benzene ring substituents is 1. The zero-order valence-electron chi connectivity index (χ0n) is 15.9. The van der Waals surface area contributed by atoms with Crippen molar-refractivity contribution in [1.82, 2.24) is 5.32 Å². The summed E-state index contributed by atoms with van der Waals surface area (Å²) in [5.41, 5.74) is 0.148. The summed E-state index contributed by atoms with van der Waals surface area (Å²) in [6.45, 7) is 3.29. The fourth-order valence-corrected chi connectivity index (χ4v) is 2.42. The summed E-state index contributed by atoms with van der Waals surface area (Å²) in [6.07, 6.45) is -1.05. The van der Waals surface area contributed by atoms with Gasteiger partial charge in [-0.3, -0.25) is 24.5 Å². The number of nitrogens with zero attached hydrogens (tertiary/aromatic N) is 1. The molecule has 2 rings (SSSR count). The molecule has 29 heavy (non-hydrogen) atoms. The number of ether oxygens (including phenoxy) is 2. The van der Waals surface area contributed by atoms with Crippen molar-refractivity contribution in [2.24, 2.45) is 0 Å². The molecule has 0 saturated heterocycles. The van der Waals surface area contributed by atoms with Crippen molar-refractivity contribution in [3.05, 3.63) is 69.8 Å². The molecule has 0 saturated carbocycles. The van der Waals surface area contributed by atoms with Crippen LogP contribution in [0.1, 0.15) is 34.6 Å². The lowest BCUT2D eigenvalue weighted by molar-refractivity contribution is -0.384. The van der Waals surface area contributed by atoms with Crippen LogP contribution in [-0.2, 0) is 9.53 Å². The van der Waals surface area contributed by atoms with Gasteiger partial charge in [-0.2, -0.15) is 0 Å². The molecule has 9 nitrogen and oxygen atoms in total. The minimum absolute atomic E-state index is 0.0329. The first-order valence-electron chi connectivity index (χ1n) is 8.81. The molecule has 1 amide bonds. The Balaban J connectivity index is 1.87. The van der Waals surface area contributed by atoms with E-state index in [1.165, 1.54) is 25.1 Å². The first kappa shape index (κ1) is 21.5. The van der Waals surface area contributed by atoms with Crippen molar-refractivity contribution in [2.75, 3.05) is 13.2 Å². The number of carbonyl (C=O) groups is 3. The Bertz CT molecular complexity index is 909. The number of benzene rings is 2. The normalized spacial score (nSPS) is 11.2. The number of hydrogen-bond donors (Lipinski definition) is 1. The SMILES string of the molecule is CCOc1ccc(C(=O)[C@H](C)OC(=O)CNC(=O)c2cccc([N+](=O)[O-])c2)cc1. The van der Waals surface area contributed by atoms with Crippen LogP contribution in [0.2, 0.25) is 0 Å². The number of nitrogens with one attached hydrogen (secondary N) is 1. The average Bonchev–Trinajstić information content (AvgIpc) is 2.72. The highest BCUT2D eigenvalue weighted by Crippen LogP contribution is 2.15. The Morgan fingerprint density at radius 2 is 1.79 bits per heavy atom. The topological polar surface area (TPSA) is 125 Å². The van der Waals surface area contributed by atoms with Gasteiger partial charge in [-0.15, -0.1) is 0 Å². The van der Waals surface area contributed by atoms with Gasteiger partial charge in [0.25, 0.3) is 11.6 Å². The summed E-state index contributed by atoms with van der Waals surface area (Å²) in [4.78, 5) is 46.4. The van der Waals surface area contributed by atoms with Crippen LogP contribution < -0.4 is 10.1 Å². The van der Waals surface area contributed by atoms with Gasteiger partial charge in [-0.05, 0) is 44.2 Å². The monoisotopic (exact) mass is 400 g/mol. The van der Waals surface area contributed by atoms with Gasteiger partial charge < -0.3 is 14.8 Å². The third-order valence-electron chi connectivity index (χ3n) is 3.84. The number of amides is 1. The lowest BCUT2D eigenvalue weighted by Crippen LogP contribution is -2.34. The van der Waals surface area contributed by atoms with E-state index in [1.54, 1.807) is 24.3 Å². The van der Waals surface area contributed by atoms with Crippen LogP contribution >= 0.6 is 0 Å². The molecule has 0 aliphatic carbocycles. The first-order chi connectivity index (χ1) is 13.8. The number of carbonyl (C=O) groups excluding carboxylic acids is 3. The molecule has 0 bridgehead atoms. The van der Waals surface area contributed by atoms with Gasteiger partial charge in [-0.1, -0.05) is 6.07 Å². The third-order valence-corrected chi connectivity index (χ3v) is 3.84. The predicted molar refractivity (Wildman–Crippen MR) is 103 cm³/mol. The molecule has 152 valence electrons. The molecular weight excluding hydrogens is 380 g/mol. The lowest BCUT2D eigenvalue weighted by atomic mass is 10.1. The lowest BCUT2D eigenvalue weighted by Gasteiger charge is -2.13. The molecule has 2 aromatic carbocycles. The highest BCUT2D eigenvalue weighted by Gasteiger charge is 2.20. The van der Waals surface area contributed by atoms with E-state index in [0.717, 1.165) is 6.07 Å². The second kappa shape index (κ2) is 9.98. The van der Waals surface area contributed by atoms with Crippen LogP contribution in [0.15, 0.2) is 48.5 Å². The molecule has 0 radical (unpaired) electrons. The van der Waals surface area contributed by atoms with Gasteiger partial charge in [0.15, 0.2) is 6.10 Å². The Hall–Kier alpha value is -3.75. The second-order valence-electron chi connectivity index (χ2n) is 5.94. The van der Waals surface area contributed by atoms with Gasteiger partial charge in [0.2, 0.25) is 5.78 Å². The van der Waals surface area contributed by atoms with E-state index in [-0.39, 0.29) is 11.3 Å². The maximum Gasteiger partial charge on any atom is 0.326 e. The Labute approximate surface area is 166 Å². The van der Waals surface area contributed by atoms with Crippen LogP contribution in [0.3, 0.4) is 0 Å². The fraction of sp³-hybridized carbons (Fsp3) is 0.250. The van der Waals surface area contributed by atoms with Crippen LogP contribution in [0.5, 0.6) is 5.75 Å².